The molecule has 33 heavy (non-hydrogen) atoms. The minimum absolute atomic E-state index is 0.271. The molecule has 2 heterocycles. The van der Waals surface area contributed by atoms with Gasteiger partial charge in [-0.3, -0.25) is 0 Å². The van der Waals surface area contributed by atoms with Crippen LogP contribution in [0.3, 0.4) is 0 Å². The van der Waals surface area contributed by atoms with Crippen LogP contribution < -0.4 is 9.47 Å². The van der Waals surface area contributed by atoms with Crippen molar-refractivity contribution in [1.82, 2.24) is 9.27 Å². The van der Waals surface area contributed by atoms with Gasteiger partial charge >= 0.3 is 5.97 Å². The first-order valence-electron chi connectivity index (χ1n) is 11.0. The summed E-state index contributed by atoms with van der Waals surface area (Å²) >= 11 is 1.26. The van der Waals surface area contributed by atoms with Gasteiger partial charge in [-0.1, -0.05) is 26.0 Å². The lowest BCUT2D eigenvalue weighted by molar-refractivity contribution is 0.0596. The summed E-state index contributed by atoms with van der Waals surface area (Å²) in [5.41, 5.74) is 7.86. The van der Waals surface area contributed by atoms with Crippen molar-refractivity contribution in [2.75, 3.05) is 34.9 Å². The summed E-state index contributed by atoms with van der Waals surface area (Å²) < 4.78 is 20.9. The summed E-state index contributed by atoms with van der Waals surface area (Å²) in [6.07, 6.45) is 0.909. The molecule has 7 heteroatoms. The Hall–Kier alpha value is -2.90. The Kier molecular flexibility index (Phi) is 6.72. The molecule has 0 unspecified atom stereocenters. The molecule has 0 atom stereocenters. The summed E-state index contributed by atoms with van der Waals surface area (Å²) in [5.74, 6) is 1.39. The number of nitrogens with zero attached hydrogens (tertiary/aromatic N) is 2. The van der Waals surface area contributed by atoms with E-state index in [-0.39, 0.29) is 5.92 Å². The number of hydrogen-bond acceptors (Lipinski definition) is 7. The number of benzene rings is 2. The maximum absolute atomic E-state index is 12.5. The first kappa shape index (κ1) is 23.3. The summed E-state index contributed by atoms with van der Waals surface area (Å²) in [5, 5.41) is 1.92. The van der Waals surface area contributed by atoms with E-state index in [0.29, 0.717) is 5.69 Å². The molecule has 6 nitrogen and oxygen atoms in total. The van der Waals surface area contributed by atoms with Crippen LogP contribution in [0.2, 0.25) is 0 Å². The van der Waals surface area contributed by atoms with Crippen molar-refractivity contribution in [1.29, 1.82) is 0 Å². The summed E-state index contributed by atoms with van der Waals surface area (Å²) in [6.45, 7) is 6.15. The van der Waals surface area contributed by atoms with Crippen LogP contribution in [0.15, 0.2) is 29.6 Å². The maximum Gasteiger partial charge on any atom is 0.358 e. The van der Waals surface area contributed by atoms with Gasteiger partial charge in [-0.25, -0.2) is 4.79 Å². The molecule has 0 saturated heterocycles. The number of methoxy groups -OCH3 is 3. The zero-order valence-electron chi connectivity index (χ0n) is 20.0. The van der Waals surface area contributed by atoms with E-state index in [2.05, 4.69) is 48.4 Å². The molecule has 1 aromatic heterocycles. The molecular formula is C26H30N2O4S. The number of esters is 1. The summed E-state index contributed by atoms with van der Waals surface area (Å²) in [7, 11) is 6.89. The van der Waals surface area contributed by atoms with Crippen LogP contribution in [0.1, 0.15) is 46.9 Å². The number of aromatic nitrogens is 1. The third kappa shape index (κ3) is 4.23. The normalized spacial score (nSPS) is 13.7. The zero-order valence-corrected chi connectivity index (χ0v) is 20.8. The van der Waals surface area contributed by atoms with E-state index in [9.17, 15) is 4.79 Å². The number of fused-ring (bicyclic) bond motifs is 1. The fourth-order valence-corrected chi connectivity index (χ4v) is 5.25. The fraction of sp³-hybridized carbons (Fsp3) is 0.385. The topological polar surface area (TPSA) is 60.9 Å². The van der Waals surface area contributed by atoms with Crippen molar-refractivity contribution in [3.8, 4) is 33.8 Å². The van der Waals surface area contributed by atoms with E-state index in [0.717, 1.165) is 58.8 Å². The Labute approximate surface area is 199 Å². The van der Waals surface area contributed by atoms with Gasteiger partial charge in [-0.05, 0) is 64.8 Å². The SMILES string of the molecule is COC(=O)c1nscc1-c1ccc2c(c1-c1cc(C(C)C)c(OC)cc1OC)CCN(C)C2. The number of carbonyl (C=O) groups is 1. The van der Waals surface area contributed by atoms with Crippen LogP contribution in [0.4, 0.5) is 0 Å². The predicted molar refractivity (Wildman–Crippen MR) is 132 cm³/mol. The van der Waals surface area contributed by atoms with Crippen molar-refractivity contribution >= 4 is 17.5 Å². The van der Waals surface area contributed by atoms with Gasteiger partial charge in [0.1, 0.15) is 11.5 Å². The number of likely N-dealkylation sites (N-methyl/N-ethyl adjacent to an activating group) is 1. The molecule has 1 aliphatic rings. The van der Waals surface area contributed by atoms with Crippen LogP contribution >= 0.6 is 11.5 Å². The molecule has 0 aliphatic carbocycles. The van der Waals surface area contributed by atoms with Gasteiger partial charge in [-0.2, -0.15) is 4.37 Å². The molecule has 0 fully saturated rings. The lowest BCUT2D eigenvalue weighted by atomic mass is 9.83. The summed E-state index contributed by atoms with van der Waals surface area (Å²) in [4.78, 5) is 14.8. The van der Waals surface area contributed by atoms with Crippen LogP contribution in [-0.4, -0.2) is 50.2 Å². The lowest BCUT2D eigenvalue weighted by Gasteiger charge is -2.29. The zero-order chi connectivity index (χ0) is 23.7. The molecule has 0 radical (unpaired) electrons. The molecule has 0 spiro atoms. The quantitative estimate of drug-likeness (QED) is 0.454. The van der Waals surface area contributed by atoms with E-state index in [1.54, 1.807) is 14.2 Å². The highest BCUT2D eigenvalue weighted by Gasteiger charge is 2.27. The van der Waals surface area contributed by atoms with Gasteiger partial charge in [-0.15, -0.1) is 0 Å². The van der Waals surface area contributed by atoms with Crippen LogP contribution in [0, 0.1) is 0 Å². The van der Waals surface area contributed by atoms with Gasteiger partial charge in [0.25, 0.3) is 0 Å². The first-order chi connectivity index (χ1) is 15.9. The molecule has 0 bridgehead atoms. The highest BCUT2D eigenvalue weighted by Crippen LogP contribution is 2.46. The minimum Gasteiger partial charge on any atom is -0.496 e. The van der Waals surface area contributed by atoms with E-state index in [1.807, 2.05) is 11.4 Å². The molecule has 0 saturated carbocycles. The number of rotatable bonds is 6. The average molecular weight is 467 g/mol. The fourth-order valence-electron chi connectivity index (χ4n) is 4.57. The minimum atomic E-state index is -0.431. The molecule has 4 rings (SSSR count). The van der Waals surface area contributed by atoms with Gasteiger partial charge in [0.2, 0.25) is 0 Å². The second kappa shape index (κ2) is 9.53. The highest BCUT2D eigenvalue weighted by molar-refractivity contribution is 7.04. The maximum atomic E-state index is 12.5. The monoisotopic (exact) mass is 466 g/mol. The van der Waals surface area contributed by atoms with Crippen molar-refractivity contribution in [2.45, 2.75) is 32.7 Å². The van der Waals surface area contributed by atoms with Gasteiger partial charge < -0.3 is 19.1 Å². The largest absolute Gasteiger partial charge is 0.496 e. The van der Waals surface area contributed by atoms with Gasteiger partial charge in [0.05, 0.1) is 21.3 Å². The Bertz CT molecular complexity index is 1190. The van der Waals surface area contributed by atoms with Crippen molar-refractivity contribution in [3.05, 3.63) is 52.0 Å². The molecule has 2 aromatic carbocycles. The van der Waals surface area contributed by atoms with Gasteiger partial charge in [0.15, 0.2) is 5.69 Å². The molecule has 1 aliphatic heterocycles. The Morgan fingerprint density at radius 2 is 1.82 bits per heavy atom. The van der Waals surface area contributed by atoms with E-state index < -0.39 is 5.97 Å². The number of hydrogen-bond donors (Lipinski definition) is 0. The second-order valence-electron chi connectivity index (χ2n) is 8.63. The molecule has 3 aromatic rings. The van der Waals surface area contributed by atoms with Crippen LogP contribution in [-0.2, 0) is 17.7 Å². The van der Waals surface area contributed by atoms with Crippen LogP contribution in [0.25, 0.3) is 22.3 Å². The Morgan fingerprint density at radius 1 is 1.06 bits per heavy atom. The van der Waals surface area contributed by atoms with Gasteiger partial charge in [0, 0.05) is 35.7 Å². The standard InChI is InChI=1S/C26H30N2O4S/c1-15(2)19-11-20(23(31-5)12-22(19)30-4)24-17-9-10-28(3)13-16(17)7-8-18(24)21-14-33-27-25(21)26(29)32-6/h7-8,11-12,14-15H,9-10,13H2,1-6H3. The smallest absolute Gasteiger partial charge is 0.358 e. The third-order valence-corrected chi connectivity index (χ3v) is 6.90. The van der Waals surface area contributed by atoms with Crippen molar-refractivity contribution in [3.63, 3.8) is 0 Å². The Balaban J connectivity index is 2.06. The van der Waals surface area contributed by atoms with Crippen molar-refractivity contribution < 1.29 is 19.0 Å². The summed E-state index contributed by atoms with van der Waals surface area (Å²) in [6, 6.07) is 8.41. The van der Waals surface area contributed by atoms with E-state index in [1.165, 1.54) is 29.8 Å². The van der Waals surface area contributed by atoms with E-state index in [4.69, 9.17) is 14.2 Å². The Morgan fingerprint density at radius 3 is 2.48 bits per heavy atom. The third-order valence-electron chi connectivity index (χ3n) is 6.28. The van der Waals surface area contributed by atoms with Crippen LogP contribution in [0.5, 0.6) is 11.5 Å². The van der Waals surface area contributed by atoms with E-state index >= 15 is 0 Å². The lowest BCUT2D eigenvalue weighted by Crippen LogP contribution is -2.27. The molecule has 0 amide bonds. The number of carbonyl (C=O) groups excluding carboxylic acids is 1. The number of ether oxygens (including phenoxy) is 3. The predicted octanol–water partition coefficient (Wildman–Crippen LogP) is 5.39. The average Bonchev–Trinajstić information content (AvgIpc) is 3.31. The molecular weight excluding hydrogens is 436 g/mol. The molecule has 0 N–H and O–H groups in total. The first-order valence-corrected chi connectivity index (χ1v) is 11.9. The molecule has 174 valence electrons. The highest BCUT2D eigenvalue weighted by atomic mass is 32.1. The van der Waals surface area contributed by atoms with Crippen molar-refractivity contribution in [2.24, 2.45) is 0 Å². The second-order valence-corrected chi connectivity index (χ2v) is 9.26.